The molecule has 1 aliphatic rings. The summed E-state index contributed by atoms with van der Waals surface area (Å²) >= 11 is 6.36. The Morgan fingerprint density at radius 3 is 1.46 bits per heavy atom. The number of anilines is 8. The molecule has 37 heteroatoms. The Kier molecular flexibility index (Phi) is 28.4. The molecule has 7 aromatic carbocycles. The monoisotopic (exact) mass is 1730 g/mol. The molecule has 1 saturated heterocycles. The highest BCUT2D eigenvalue weighted by Gasteiger charge is 2.31. The van der Waals surface area contributed by atoms with Gasteiger partial charge in [-0.25, -0.2) is 61.3 Å². The maximum atomic E-state index is 14.5. The van der Waals surface area contributed by atoms with Gasteiger partial charge in [-0.3, -0.25) is 67.9 Å². The lowest BCUT2D eigenvalue weighted by atomic mass is 9.93. The Labute approximate surface area is 731 Å². The summed E-state index contributed by atoms with van der Waals surface area (Å²) in [5.74, 6) is 1.02. The molecule has 648 valence electrons. The predicted octanol–water partition coefficient (Wildman–Crippen LogP) is 11.9. The molecule has 3 atom stereocenters. The number of primary amides is 1. The molecule has 17 N–H and O–H groups in total. The highest BCUT2D eigenvalue weighted by atomic mass is 35.5. The van der Waals surface area contributed by atoms with Crippen LogP contribution in [0, 0.1) is 38.0 Å². The zero-order valence-corrected chi connectivity index (χ0v) is 70.6. The Morgan fingerprint density at radius 2 is 0.976 bits per heavy atom. The summed E-state index contributed by atoms with van der Waals surface area (Å²) in [6, 6.07) is 54.9. The van der Waals surface area contributed by atoms with E-state index in [-0.39, 0.29) is 75.1 Å². The van der Waals surface area contributed by atoms with Crippen molar-refractivity contribution in [3.05, 3.63) is 299 Å². The largest absolute Gasteiger partial charge is 0.383 e. The molecule has 0 spiro atoms. The fourth-order valence-corrected chi connectivity index (χ4v) is 15.2. The Morgan fingerprint density at radius 1 is 0.512 bits per heavy atom. The maximum Gasteiger partial charge on any atom is 0.276 e. The number of hydrogen-bond donors (Lipinski definition) is 14. The molecule has 8 heterocycles. The van der Waals surface area contributed by atoms with E-state index < -0.39 is 35.8 Å². The first-order valence-corrected chi connectivity index (χ1v) is 41.0. The van der Waals surface area contributed by atoms with Gasteiger partial charge in [0.15, 0.2) is 5.82 Å². The number of halogens is 1. The molecule has 1 aliphatic heterocycles. The van der Waals surface area contributed by atoms with Crippen LogP contribution in [0.3, 0.4) is 0 Å². The number of rotatable bonds is 27. The van der Waals surface area contributed by atoms with Crippen LogP contribution >= 0.6 is 11.6 Å². The second kappa shape index (κ2) is 40.5. The van der Waals surface area contributed by atoms with E-state index in [9.17, 15) is 38.8 Å². The van der Waals surface area contributed by atoms with E-state index in [1.54, 1.807) is 118 Å². The summed E-state index contributed by atoms with van der Waals surface area (Å²) in [6.07, 6.45) is 6.08. The Bertz CT molecular complexity index is 6640. The number of fused-ring (bicyclic) bond motifs is 3. The summed E-state index contributed by atoms with van der Waals surface area (Å²) in [5, 5.41) is 54.4. The molecule has 0 unspecified atom stereocenters. The molecule has 4 amide bonds. The van der Waals surface area contributed by atoms with Crippen LogP contribution in [0.15, 0.2) is 209 Å². The van der Waals surface area contributed by atoms with Crippen LogP contribution in [0.2, 0.25) is 5.02 Å². The van der Waals surface area contributed by atoms with Gasteiger partial charge in [0.1, 0.15) is 80.9 Å². The SMILES string of the molecule is CC[C@H](Nc1nc(C)nc(C)c1C#N)c1nc2cccc(N3CCC(CC(=O)NO)CC3)c2c(=O)n1-c1ccccc1.CC[C@H](Nc1nc(C)nc(N)c1C(N)=O)c1nc2cccc(NCc3ccc(C(=O)NO)cc3)c2c(=O)n1-c1ccccc1.CC[C@H](Nc1ncnc(N)c1Cl)c1nc2cccc(NCc3ccc(C(=O)NO)cn3)c2c(=O)n1-c1ccccc1. The number of amides is 4. The number of aromatic nitrogens is 13. The smallest absolute Gasteiger partial charge is 0.276 e. The number of hydrogen-bond acceptors (Lipinski definition) is 29. The Balaban J connectivity index is 0.000000163. The van der Waals surface area contributed by atoms with Gasteiger partial charge in [0, 0.05) is 49.2 Å². The number of benzene rings is 7. The molecule has 0 saturated carbocycles. The minimum atomic E-state index is -0.784. The molecule has 0 aliphatic carbocycles. The predicted molar refractivity (Wildman–Crippen MR) is 483 cm³/mol. The van der Waals surface area contributed by atoms with Crippen molar-refractivity contribution in [3.63, 3.8) is 0 Å². The molecule has 1 fully saturated rings. The third-order valence-electron chi connectivity index (χ3n) is 21.3. The lowest BCUT2D eigenvalue weighted by molar-refractivity contribution is -0.130. The molecular formula is C90H91ClN26O10. The van der Waals surface area contributed by atoms with E-state index in [2.05, 4.69) is 72.4 Å². The normalized spacial score (nSPS) is 12.6. The van der Waals surface area contributed by atoms with Gasteiger partial charge in [-0.15, -0.1) is 0 Å². The van der Waals surface area contributed by atoms with Crippen molar-refractivity contribution in [1.82, 2.24) is 80.0 Å². The first kappa shape index (κ1) is 89.1. The number of nitrogens with zero attached hydrogens (tertiary/aromatic N) is 15. The van der Waals surface area contributed by atoms with Gasteiger partial charge in [0.25, 0.3) is 34.4 Å². The quantitative estimate of drug-likeness (QED) is 0.0168. The van der Waals surface area contributed by atoms with Crippen LogP contribution < -0.4 is 81.8 Å². The van der Waals surface area contributed by atoms with Crippen molar-refractivity contribution in [1.29, 1.82) is 5.26 Å². The lowest BCUT2D eigenvalue weighted by Crippen LogP contribution is -2.37. The highest BCUT2D eigenvalue weighted by molar-refractivity contribution is 6.35. The van der Waals surface area contributed by atoms with Crippen molar-refractivity contribution in [3.8, 4) is 23.1 Å². The second-order valence-electron chi connectivity index (χ2n) is 29.6. The van der Waals surface area contributed by atoms with Gasteiger partial charge < -0.3 is 48.7 Å². The summed E-state index contributed by atoms with van der Waals surface area (Å²) in [4.78, 5) is 137. The number of hydroxylamine groups is 3. The number of aryl methyl sites for hydroxylation is 3. The molecule has 7 aromatic heterocycles. The first-order valence-electron chi connectivity index (χ1n) is 40.6. The van der Waals surface area contributed by atoms with E-state index in [1.165, 1.54) is 12.5 Å². The van der Waals surface area contributed by atoms with Crippen LogP contribution in [0.25, 0.3) is 49.8 Å². The summed E-state index contributed by atoms with van der Waals surface area (Å²) in [6.45, 7) is 13.1. The number of carbonyl (C=O) groups excluding carboxylic acids is 4. The molecule has 0 bridgehead atoms. The van der Waals surface area contributed by atoms with Crippen molar-refractivity contribution in [2.45, 2.75) is 111 Å². The van der Waals surface area contributed by atoms with Gasteiger partial charge >= 0.3 is 0 Å². The van der Waals surface area contributed by atoms with E-state index in [4.69, 9.17) is 59.4 Å². The molecule has 15 rings (SSSR count). The second-order valence-corrected chi connectivity index (χ2v) is 30.0. The van der Waals surface area contributed by atoms with Crippen LogP contribution in [0.1, 0.15) is 160 Å². The summed E-state index contributed by atoms with van der Waals surface area (Å²) in [7, 11) is 0. The number of nitrogens with one attached hydrogen (secondary N) is 8. The third kappa shape index (κ3) is 20.0. The number of nitriles is 1. The van der Waals surface area contributed by atoms with Gasteiger partial charge in [0.2, 0.25) is 5.91 Å². The van der Waals surface area contributed by atoms with Gasteiger partial charge in [-0.2, -0.15) is 5.26 Å². The molecule has 0 radical (unpaired) electrons. The van der Waals surface area contributed by atoms with Gasteiger partial charge in [0.05, 0.1) is 97.1 Å². The number of carbonyl (C=O) groups is 4. The average molecular weight is 1730 g/mol. The molecule has 14 aromatic rings. The van der Waals surface area contributed by atoms with Gasteiger partial charge in [-0.05, 0) is 161 Å². The van der Waals surface area contributed by atoms with Crippen molar-refractivity contribution in [2.24, 2.45) is 11.7 Å². The molecular weight excluding hydrogens is 1640 g/mol. The minimum absolute atomic E-state index is 0.0417. The van der Waals surface area contributed by atoms with Crippen LogP contribution in [-0.2, 0) is 17.9 Å². The third-order valence-corrected chi connectivity index (χ3v) is 21.7. The fourth-order valence-electron chi connectivity index (χ4n) is 15.0. The molecule has 36 nitrogen and oxygen atoms in total. The van der Waals surface area contributed by atoms with Crippen molar-refractivity contribution >= 4 is 114 Å². The number of nitrogen functional groups attached to an aromatic ring is 2. The molecule has 127 heavy (non-hydrogen) atoms. The first-order chi connectivity index (χ1) is 61.5. The highest BCUT2D eigenvalue weighted by Crippen LogP contribution is 2.36. The topological polar surface area (TPSA) is 525 Å². The van der Waals surface area contributed by atoms with E-state index in [1.807, 2.05) is 136 Å². The van der Waals surface area contributed by atoms with Crippen LogP contribution in [0.5, 0.6) is 0 Å². The van der Waals surface area contributed by atoms with Crippen LogP contribution in [-0.4, -0.2) is 116 Å². The maximum absolute atomic E-state index is 14.5. The minimum Gasteiger partial charge on any atom is -0.383 e. The summed E-state index contributed by atoms with van der Waals surface area (Å²) in [5.41, 5.74) is 30.0. The number of piperidine rings is 1. The number of para-hydroxylation sites is 3. The number of nitrogens with two attached hydrogens (primary N) is 3. The lowest BCUT2D eigenvalue weighted by Gasteiger charge is -2.34. The fraction of sp³-hybridized carbons (Fsp3) is 0.222. The van der Waals surface area contributed by atoms with Crippen LogP contribution in [0.4, 0.5) is 46.2 Å². The zero-order chi connectivity index (χ0) is 90.1. The van der Waals surface area contributed by atoms with E-state index >= 15 is 0 Å². The zero-order valence-electron chi connectivity index (χ0n) is 69.9. The Hall–Kier alpha value is -15.7. The van der Waals surface area contributed by atoms with E-state index in [0.717, 1.165) is 24.1 Å². The van der Waals surface area contributed by atoms with Crippen molar-refractivity contribution in [2.75, 3.05) is 56.0 Å². The van der Waals surface area contributed by atoms with Gasteiger partial charge in [-0.1, -0.05) is 117 Å². The summed E-state index contributed by atoms with van der Waals surface area (Å²) < 4.78 is 4.77. The van der Waals surface area contributed by atoms with E-state index in [0.29, 0.717) is 163 Å². The standard InChI is InChI=1S/C31H31N9O4.C31H34N8O3.C28H26ClN9O3/c1-3-21(37-28-25(27(33)41)26(32)35-17(2)36-28)29-38-23-11-7-10-22(24(23)31(43)40(29)20-8-5-4-6-9-20)34-16-18-12-14-19(15-13-18)30(42)39-44;1-4-24(35-29-23(18-32)19(2)33-20(3)34-29)30-36-25-11-8-12-26(38-15-13-21(14-16-38)17-27(40)37-42)28(25)31(41)39(30)22-9-6-5-7-10-22;1-2-19(35-25-23(29)24(30)33-15-34-25)26-36-21-10-6-9-20(22(21)28(40)38(26)18-7-4-3-5-8-18)32-14-17-12-11-16(13-31-17)27(39)37-41/h4-15,21,34,44H,3,16H2,1-2H3,(H2,33,41)(H,39,42)(H3,32,35,36,37);5-12,21,24,42H,4,13-17H2,1-3H3,(H,37,40)(H,33,34,35);3-13,15,19,32,41H,2,14H2,1H3,(H,37,39)(H3,30,33,34,35)/t21-;24-;19-/m000/s1. The van der Waals surface area contributed by atoms with Crippen molar-refractivity contribution < 1.29 is 34.8 Å². The average Bonchev–Trinajstić information content (AvgIpc) is 0.763. The number of pyridine rings is 1.